The fraction of sp³-hybridized carbons (Fsp3) is 0.233. The molecule has 13 heteroatoms. The Morgan fingerprint density at radius 1 is 0.930 bits per heavy atom. The Kier molecular flexibility index (Phi) is 7.82. The molecule has 1 aliphatic rings. The molecule has 2 aromatic heterocycles. The minimum Gasteiger partial charge on any atom is -0.454 e. The second-order valence-corrected chi connectivity index (χ2v) is 12.2. The van der Waals surface area contributed by atoms with Crippen LogP contribution in [0, 0.1) is 5.82 Å². The van der Waals surface area contributed by atoms with Crippen LogP contribution in [-0.2, 0) is 23.1 Å². The number of aromatic nitrogens is 4. The predicted octanol–water partition coefficient (Wildman–Crippen LogP) is 4.11. The van der Waals surface area contributed by atoms with Gasteiger partial charge in [-0.3, -0.25) is 0 Å². The third-order valence-corrected chi connectivity index (χ3v) is 9.01. The Bertz CT molecular complexity index is 1870. The van der Waals surface area contributed by atoms with Crippen LogP contribution in [0.2, 0.25) is 0 Å². The van der Waals surface area contributed by atoms with Crippen LogP contribution in [0.25, 0.3) is 11.2 Å². The average Bonchev–Trinajstić information content (AvgIpc) is 3.65. The lowest BCUT2D eigenvalue weighted by Gasteiger charge is -2.22. The van der Waals surface area contributed by atoms with E-state index in [2.05, 4.69) is 10.3 Å². The van der Waals surface area contributed by atoms with E-state index >= 15 is 0 Å². The molecule has 222 valence electrons. The van der Waals surface area contributed by atoms with Crippen LogP contribution in [0.4, 0.5) is 16.2 Å². The van der Waals surface area contributed by atoms with E-state index in [0.29, 0.717) is 54.1 Å². The lowest BCUT2D eigenvalue weighted by Crippen LogP contribution is -2.35. The number of nitrogens with one attached hydrogen (secondary N) is 1. The second kappa shape index (κ2) is 11.9. The summed E-state index contributed by atoms with van der Waals surface area (Å²) in [5.74, 6) is 1.95. The van der Waals surface area contributed by atoms with E-state index in [1.165, 1.54) is 16.4 Å². The first-order valence-electron chi connectivity index (χ1n) is 13.6. The molecule has 6 rings (SSSR count). The van der Waals surface area contributed by atoms with Gasteiger partial charge in [-0.25, -0.2) is 17.8 Å². The zero-order valence-corrected chi connectivity index (χ0v) is 24.5. The first kappa shape index (κ1) is 28.4. The first-order valence-corrected chi connectivity index (χ1v) is 15.0. The summed E-state index contributed by atoms with van der Waals surface area (Å²) in [5, 5.41) is 3.37. The SMILES string of the molecule is CN(CCN(C)S(=O)(=O)c1ccccc1)c1nc(NCc2ccc3c(c2)OCO3)c2ncn(Cc3cccc(F)c3)c2n1. The average molecular weight is 604 g/mol. The number of nitrogens with zero attached hydrogens (tertiary/aromatic N) is 6. The highest BCUT2D eigenvalue weighted by molar-refractivity contribution is 7.89. The number of sulfonamides is 1. The van der Waals surface area contributed by atoms with E-state index in [4.69, 9.17) is 19.4 Å². The molecule has 1 aliphatic heterocycles. The molecular formula is C30H30FN7O4S. The highest BCUT2D eigenvalue weighted by atomic mass is 32.2. The van der Waals surface area contributed by atoms with Crippen molar-refractivity contribution in [2.75, 3.05) is 44.2 Å². The molecule has 0 unspecified atom stereocenters. The number of benzene rings is 3. The Morgan fingerprint density at radius 3 is 2.56 bits per heavy atom. The van der Waals surface area contributed by atoms with Crippen LogP contribution in [0.15, 0.2) is 84.0 Å². The molecule has 43 heavy (non-hydrogen) atoms. The molecular weight excluding hydrogens is 573 g/mol. The number of hydrogen-bond donors (Lipinski definition) is 1. The van der Waals surface area contributed by atoms with Crippen LogP contribution < -0.4 is 19.7 Å². The molecule has 0 amide bonds. The van der Waals surface area contributed by atoms with Crippen LogP contribution >= 0.6 is 0 Å². The third-order valence-electron chi connectivity index (χ3n) is 7.13. The summed E-state index contributed by atoms with van der Waals surface area (Å²) in [7, 11) is -0.297. The van der Waals surface area contributed by atoms with Gasteiger partial charge in [-0.2, -0.15) is 14.3 Å². The van der Waals surface area contributed by atoms with Gasteiger partial charge in [-0.05, 0) is 47.5 Å². The number of likely N-dealkylation sites (N-methyl/N-ethyl adjacent to an activating group) is 2. The Balaban J connectivity index is 1.27. The molecule has 0 fully saturated rings. The molecule has 11 nitrogen and oxygen atoms in total. The molecule has 0 radical (unpaired) electrons. The van der Waals surface area contributed by atoms with Gasteiger partial charge < -0.3 is 24.3 Å². The molecule has 0 aliphatic carbocycles. The van der Waals surface area contributed by atoms with Crippen molar-refractivity contribution in [3.8, 4) is 11.5 Å². The van der Waals surface area contributed by atoms with E-state index in [1.807, 2.05) is 28.8 Å². The van der Waals surface area contributed by atoms with Gasteiger partial charge in [0.25, 0.3) is 0 Å². The van der Waals surface area contributed by atoms with E-state index in [1.54, 1.807) is 61.7 Å². The van der Waals surface area contributed by atoms with Crippen LogP contribution in [-0.4, -0.2) is 66.2 Å². The normalized spacial score (nSPS) is 12.7. The summed E-state index contributed by atoms with van der Waals surface area (Å²) >= 11 is 0. The van der Waals surface area contributed by atoms with E-state index in [-0.39, 0.29) is 24.1 Å². The quantitative estimate of drug-likeness (QED) is 0.238. The molecule has 0 spiro atoms. The number of rotatable bonds is 11. The van der Waals surface area contributed by atoms with Crippen molar-refractivity contribution >= 4 is 33.0 Å². The van der Waals surface area contributed by atoms with E-state index < -0.39 is 10.0 Å². The lowest BCUT2D eigenvalue weighted by atomic mass is 10.2. The monoisotopic (exact) mass is 603 g/mol. The number of imidazole rings is 1. The van der Waals surface area contributed by atoms with Crippen LogP contribution in [0.3, 0.4) is 0 Å². The topological polar surface area (TPSA) is 115 Å². The van der Waals surface area contributed by atoms with Crippen molar-refractivity contribution in [1.29, 1.82) is 0 Å². The van der Waals surface area contributed by atoms with Crippen molar-refractivity contribution in [2.45, 2.75) is 18.0 Å². The maximum Gasteiger partial charge on any atom is 0.242 e. The minimum atomic E-state index is -3.65. The van der Waals surface area contributed by atoms with Gasteiger partial charge in [0.15, 0.2) is 28.5 Å². The Labute approximate surface area is 248 Å². The summed E-state index contributed by atoms with van der Waals surface area (Å²) in [6.45, 7) is 1.51. The maximum atomic E-state index is 13.9. The Morgan fingerprint density at radius 2 is 1.74 bits per heavy atom. The minimum absolute atomic E-state index is 0.193. The standard InChI is InChI=1S/C30H30FN7O4S/c1-36(13-14-37(2)43(39,40)24-9-4-3-5-10-24)30-34-28(32-17-21-11-12-25-26(16-21)42-20-41-25)27-29(35-30)38(19-33-27)18-22-7-6-8-23(31)15-22/h3-12,15-16,19H,13-14,17-18,20H2,1-2H3,(H,32,34,35). The number of anilines is 2. The van der Waals surface area contributed by atoms with Gasteiger partial charge in [0.1, 0.15) is 5.82 Å². The number of ether oxygens (including phenoxy) is 2. The van der Waals surface area contributed by atoms with Crippen molar-refractivity contribution in [2.24, 2.45) is 0 Å². The molecule has 3 aromatic carbocycles. The van der Waals surface area contributed by atoms with E-state index in [0.717, 1.165) is 11.1 Å². The number of fused-ring (bicyclic) bond motifs is 2. The summed E-state index contributed by atoms with van der Waals surface area (Å²) in [5.41, 5.74) is 2.82. The van der Waals surface area contributed by atoms with Gasteiger partial charge in [0.05, 0.1) is 17.8 Å². The molecule has 0 saturated carbocycles. The highest BCUT2D eigenvalue weighted by Crippen LogP contribution is 2.33. The second-order valence-electron chi connectivity index (χ2n) is 10.1. The lowest BCUT2D eigenvalue weighted by molar-refractivity contribution is 0.174. The van der Waals surface area contributed by atoms with Gasteiger partial charge in [-0.15, -0.1) is 0 Å². The molecule has 0 saturated heterocycles. The Hall–Kier alpha value is -4.75. The third kappa shape index (κ3) is 6.08. The first-order chi connectivity index (χ1) is 20.8. The van der Waals surface area contributed by atoms with Crippen molar-refractivity contribution in [3.05, 3.63) is 96.1 Å². The predicted molar refractivity (Wildman–Crippen MR) is 160 cm³/mol. The zero-order chi connectivity index (χ0) is 30.0. The van der Waals surface area contributed by atoms with E-state index in [9.17, 15) is 12.8 Å². The van der Waals surface area contributed by atoms with Crippen molar-refractivity contribution in [1.82, 2.24) is 23.8 Å². The fourth-order valence-corrected chi connectivity index (χ4v) is 5.88. The summed E-state index contributed by atoms with van der Waals surface area (Å²) < 4.78 is 54.0. The molecule has 0 bridgehead atoms. The fourth-order valence-electron chi connectivity index (χ4n) is 4.69. The van der Waals surface area contributed by atoms with Gasteiger partial charge >= 0.3 is 0 Å². The summed E-state index contributed by atoms with van der Waals surface area (Å²) in [6, 6.07) is 20.4. The van der Waals surface area contributed by atoms with Gasteiger partial charge in [-0.1, -0.05) is 36.4 Å². The number of halogens is 1. The zero-order valence-electron chi connectivity index (χ0n) is 23.6. The molecule has 1 N–H and O–H groups in total. The van der Waals surface area contributed by atoms with Gasteiger partial charge in [0, 0.05) is 33.7 Å². The van der Waals surface area contributed by atoms with Crippen LogP contribution in [0.1, 0.15) is 11.1 Å². The maximum absolute atomic E-state index is 13.9. The van der Waals surface area contributed by atoms with Crippen molar-refractivity contribution < 1.29 is 22.3 Å². The molecule has 5 aromatic rings. The molecule has 3 heterocycles. The summed E-state index contributed by atoms with van der Waals surface area (Å²) in [6.07, 6.45) is 1.65. The summed E-state index contributed by atoms with van der Waals surface area (Å²) in [4.78, 5) is 16.2. The van der Waals surface area contributed by atoms with Crippen LogP contribution in [0.5, 0.6) is 11.5 Å². The van der Waals surface area contributed by atoms with Gasteiger partial charge in [0.2, 0.25) is 22.8 Å². The number of hydrogen-bond acceptors (Lipinski definition) is 9. The smallest absolute Gasteiger partial charge is 0.242 e. The highest BCUT2D eigenvalue weighted by Gasteiger charge is 2.22. The van der Waals surface area contributed by atoms with Crippen molar-refractivity contribution in [3.63, 3.8) is 0 Å². The largest absolute Gasteiger partial charge is 0.454 e. The molecule has 0 atom stereocenters.